The van der Waals surface area contributed by atoms with Crippen molar-refractivity contribution in [2.45, 2.75) is 19.4 Å². The highest BCUT2D eigenvalue weighted by Gasteiger charge is 2.37. The lowest BCUT2D eigenvalue weighted by Crippen LogP contribution is -2.43. The summed E-state index contributed by atoms with van der Waals surface area (Å²) in [5, 5.41) is 0. The third kappa shape index (κ3) is 3.73. The SMILES string of the molecule is COc1cc(CC[Si](OC)(OC)OC)c(C)c(OC)c1. The number of methoxy groups -OCH3 is 2. The monoisotopic (exact) mass is 300 g/mol. The van der Waals surface area contributed by atoms with Crippen molar-refractivity contribution in [3.05, 3.63) is 23.3 Å². The third-order valence-corrected chi connectivity index (χ3v) is 6.26. The summed E-state index contributed by atoms with van der Waals surface area (Å²) in [6.45, 7) is 2.03. The Labute approximate surface area is 122 Å². The molecule has 1 rings (SSSR count). The van der Waals surface area contributed by atoms with Crippen molar-refractivity contribution in [3.63, 3.8) is 0 Å². The Morgan fingerprint density at radius 2 is 1.50 bits per heavy atom. The van der Waals surface area contributed by atoms with E-state index in [1.807, 2.05) is 19.1 Å². The van der Waals surface area contributed by atoms with Crippen molar-refractivity contribution in [2.24, 2.45) is 0 Å². The van der Waals surface area contributed by atoms with E-state index >= 15 is 0 Å². The van der Waals surface area contributed by atoms with Gasteiger partial charge in [-0.1, -0.05) is 0 Å². The zero-order valence-corrected chi connectivity index (χ0v) is 14.1. The van der Waals surface area contributed by atoms with Crippen molar-refractivity contribution in [1.82, 2.24) is 0 Å². The van der Waals surface area contributed by atoms with E-state index in [9.17, 15) is 0 Å². The molecule has 0 radical (unpaired) electrons. The minimum Gasteiger partial charge on any atom is -0.497 e. The van der Waals surface area contributed by atoms with Gasteiger partial charge in [0.2, 0.25) is 0 Å². The summed E-state index contributed by atoms with van der Waals surface area (Å²) in [5.74, 6) is 1.60. The molecule has 0 bridgehead atoms. The molecule has 114 valence electrons. The standard InChI is InChI=1S/C14H24O5Si/c1-11-12(7-8-20(17-4,18-5)19-6)9-13(15-2)10-14(11)16-3/h9-10H,7-8H2,1-6H3. The summed E-state index contributed by atoms with van der Waals surface area (Å²) in [6, 6.07) is 4.60. The van der Waals surface area contributed by atoms with Gasteiger partial charge in [0.15, 0.2) is 0 Å². The number of hydrogen-bond acceptors (Lipinski definition) is 5. The fourth-order valence-electron chi connectivity index (χ4n) is 2.15. The predicted molar refractivity (Wildman–Crippen MR) is 79.6 cm³/mol. The fraction of sp³-hybridized carbons (Fsp3) is 0.571. The molecule has 6 heteroatoms. The van der Waals surface area contributed by atoms with Crippen LogP contribution >= 0.6 is 0 Å². The molecule has 1 aromatic rings. The van der Waals surface area contributed by atoms with Gasteiger partial charge in [-0.15, -0.1) is 0 Å². The Kier molecular flexibility index (Phi) is 6.48. The second-order valence-corrected chi connectivity index (χ2v) is 7.50. The lowest BCUT2D eigenvalue weighted by molar-refractivity contribution is 0.123. The first-order valence-corrected chi connectivity index (χ1v) is 8.36. The maximum Gasteiger partial charge on any atom is 0.500 e. The molecule has 0 saturated heterocycles. The van der Waals surface area contributed by atoms with E-state index in [1.165, 1.54) is 0 Å². The molecule has 0 aliphatic heterocycles. The molecule has 0 unspecified atom stereocenters. The van der Waals surface area contributed by atoms with Gasteiger partial charge in [-0.2, -0.15) is 0 Å². The molecule has 0 aromatic heterocycles. The average molecular weight is 300 g/mol. The van der Waals surface area contributed by atoms with Crippen molar-refractivity contribution in [3.8, 4) is 11.5 Å². The summed E-state index contributed by atoms with van der Waals surface area (Å²) in [4.78, 5) is 0. The molecule has 20 heavy (non-hydrogen) atoms. The normalized spacial score (nSPS) is 11.5. The van der Waals surface area contributed by atoms with Gasteiger partial charge in [0.1, 0.15) is 11.5 Å². The highest BCUT2D eigenvalue weighted by molar-refractivity contribution is 6.60. The molecule has 5 nitrogen and oxygen atoms in total. The van der Waals surface area contributed by atoms with E-state index in [0.29, 0.717) is 6.04 Å². The minimum absolute atomic E-state index is 0.702. The number of hydrogen-bond donors (Lipinski definition) is 0. The van der Waals surface area contributed by atoms with E-state index in [2.05, 4.69) is 0 Å². The van der Waals surface area contributed by atoms with Crippen LogP contribution in [0.4, 0.5) is 0 Å². The minimum atomic E-state index is -2.56. The van der Waals surface area contributed by atoms with Crippen LogP contribution in [0.25, 0.3) is 0 Å². The molecular weight excluding hydrogens is 276 g/mol. The first-order chi connectivity index (χ1) is 9.55. The summed E-state index contributed by atoms with van der Waals surface area (Å²) in [6.07, 6.45) is 0.779. The van der Waals surface area contributed by atoms with Crippen molar-refractivity contribution in [1.29, 1.82) is 0 Å². The largest absolute Gasteiger partial charge is 0.500 e. The van der Waals surface area contributed by atoms with Gasteiger partial charge in [-0.05, 0) is 30.5 Å². The molecule has 0 aliphatic carbocycles. The van der Waals surface area contributed by atoms with E-state index in [0.717, 1.165) is 29.0 Å². The van der Waals surface area contributed by atoms with Crippen LogP contribution in [-0.4, -0.2) is 44.4 Å². The number of benzene rings is 1. The Morgan fingerprint density at radius 1 is 0.900 bits per heavy atom. The van der Waals surface area contributed by atoms with Crippen LogP contribution in [-0.2, 0) is 19.7 Å². The lowest BCUT2D eigenvalue weighted by Gasteiger charge is -2.24. The smallest absolute Gasteiger partial charge is 0.497 e. The van der Waals surface area contributed by atoms with Crippen molar-refractivity contribution in [2.75, 3.05) is 35.5 Å². The van der Waals surface area contributed by atoms with E-state index in [4.69, 9.17) is 22.8 Å². The molecule has 0 saturated carbocycles. The van der Waals surface area contributed by atoms with Gasteiger partial charge in [-0.3, -0.25) is 0 Å². The van der Waals surface area contributed by atoms with Crippen LogP contribution in [0.5, 0.6) is 11.5 Å². The van der Waals surface area contributed by atoms with Crippen LogP contribution in [0.2, 0.25) is 6.04 Å². The molecule has 1 aromatic carbocycles. The summed E-state index contributed by atoms with van der Waals surface area (Å²) in [5.41, 5.74) is 2.24. The van der Waals surface area contributed by atoms with Gasteiger partial charge >= 0.3 is 8.80 Å². The summed E-state index contributed by atoms with van der Waals surface area (Å²) in [7, 11) is 5.61. The first kappa shape index (κ1) is 17.0. The maximum absolute atomic E-state index is 5.44. The zero-order valence-electron chi connectivity index (χ0n) is 13.1. The summed E-state index contributed by atoms with van der Waals surface area (Å²) >= 11 is 0. The first-order valence-electron chi connectivity index (χ1n) is 6.42. The molecule has 0 amide bonds. The van der Waals surface area contributed by atoms with Gasteiger partial charge in [-0.25, -0.2) is 0 Å². The molecule has 0 N–H and O–H groups in total. The lowest BCUT2D eigenvalue weighted by atomic mass is 10.0. The Morgan fingerprint density at radius 3 is 1.95 bits per heavy atom. The highest BCUT2D eigenvalue weighted by atomic mass is 28.4. The maximum atomic E-state index is 5.44. The number of rotatable bonds is 8. The van der Waals surface area contributed by atoms with Crippen LogP contribution in [0.1, 0.15) is 11.1 Å². The van der Waals surface area contributed by atoms with E-state index in [-0.39, 0.29) is 0 Å². The van der Waals surface area contributed by atoms with Gasteiger partial charge in [0.05, 0.1) is 14.2 Å². The zero-order chi connectivity index (χ0) is 15.2. The van der Waals surface area contributed by atoms with Crippen LogP contribution in [0.15, 0.2) is 12.1 Å². The van der Waals surface area contributed by atoms with E-state index < -0.39 is 8.80 Å². The van der Waals surface area contributed by atoms with Gasteiger partial charge in [0.25, 0.3) is 0 Å². The van der Waals surface area contributed by atoms with Crippen molar-refractivity contribution >= 4 is 8.80 Å². The molecule has 0 fully saturated rings. The fourth-order valence-corrected chi connectivity index (χ4v) is 3.84. The second-order valence-electron chi connectivity index (χ2n) is 4.41. The Balaban J connectivity index is 2.97. The number of aryl methyl sites for hydroxylation is 1. The van der Waals surface area contributed by atoms with Crippen LogP contribution in [0.3, 0.4) is 0 Å². The topological polar surface area (TPSA) is 46.2 Å². The second kappa shape index (κ2) is 7.63. The van der Waals surface area contributed by atoms with Gasteiger partial charge in [0, 0.05) is 33.4 Å². The molecule has 0 spiro atoms. The van der Waals surface area contributed by atoms with E-state index in [1.54, 1.807) is 35.5 Å². The Bertz CT molecular complexity index is 424. The van der Waals surface area contributed by atoms with Crippen molar-refractivity contribution < 1.29 is 22.8 Å². The Hall–Kier alpha value is -1.08. The highest BCUT2D eigenvalue weighted by Crippen LogP contribution is 2.30. The molecule has 0 atom stereocenters. The predicted octanol–water partition coefficient (Wildman–Crippen LogP) is 2.43. The third-order valence-electron chi connectivity index (χ3n) is 3.53. The average Bonchev–Trinajstić information content (AvgIpc) is 2.50. The van der Waals surface area contributed by atoms with Crippen LogP contribution < -0.4 is 9.47 Å². The summed E-state index contributed by atoms with van der Waals surface area (Å²) < 4.78 is 27.0. The molecule has 0 aliphatic rings. The molecule has 0 heterocycles. The van der Waals surface area contributed by atoms with Gasteiger partial charge < -0.3 is 22.8 Å². The number of ether oxygens (including phenoxy) is 2. The quantitative estimate of drug-likeness (QED) is 0.690. The molecular formula is C14H24O5Si. The van der Waals surface area contributed by atoms with Crippen LogP contribution in [0, 0.1) is 6.92 Å².